The summed E-state index contributed by atoms with van der Waals surface area (Å²) in [5, 5.41) is 0. The Labute approximate surface area is 204 Å². The number of hydrogen-bond donors (Lipinski definition) is 0. The minimum Gasteiger partial charge on any atom is -0.416 e. The molecule has 2 heterocycles. The Balaban J connectivity index is 2.28. The van der Waals surface area contributed by atoms with Gasteiger partial charge in [0.15, 0.2) is 0 Å². The highest BCUT2D eigenvalue weighted by atomic mass is 28.5. The van der Waals surface area contributed by atoms with Crippen LogP contribution < -0.4 is 0 Å². The third kappa shape index (κ3) is 9.13. The van der Waals surface area contributed by atoms with E-state index < -0.39 is 68.5 Å². The van der Waals surface area contributed by atoms with Gasteiger partial charge in [0.25, 0.3) is 0 Å². The van der Waals surface area contributed by atoms with Crippen LogP contribution in [-0.4, -0.2) is 68.5 Å². The van der Waals surface area contributed by atoms with Crippen molar-refractivity contribution in [2.45, 2.75) is 104 Å². The van der Waals surface area contributed by atoms with Gasteiger partial charge in [-0.2, -0.15) is 0 Å². The van der Waals surface area contributed by atoms with E-state index in [1.165, 1.54) is 0 Å². The Morgan fingerprint density at radius 1 is 0.281 bits per heavy atom. The van der Waals surface area contributed by atoms with Crippen molar-refractivity contribution in [3.63, 3.8) is 0 Å². The summed E-state index contributed by atoms with van der Waals surface area (Å²) in [5.41, 5.74) is 0. The molecule has 0 saturated carbocycles. The molecule has 0 amide bonds. The van der Waals surface area contributed by atoms with Gasteiger partial charge in [-0.3, -0.25) is 0 Å². The maximum atomic E-state index is 6.77. The Kier molecular flexibility index (Phi) is 8.39. The predicted molar refractivity (Wildman–Crippen MR) is 146 cm³/mol. The summed E-state index contributed by atoms with van der Waals surface area (Å²) in [4.78, 5) is 0. The minimum absolute atomic E-state index is 0.771. The fourth-order valence-electron chi connectivity index (χ4n) is 5.27. The molecule has 2 fully saturated rings. The lowest BCUT2D eigenvalue weighted by Gasteiger charge is -2.49. The third-order valence-electron chi connectivity index (χ3n) is 4.85. The zero-order chi connectivity index (χ0) is 25.1. The van der Waals surface area contributed by atoms with E-state index >= 15 is 0 Å². The Morgan fingerprint density at radius 3 is 0.625 bits per heavy atom. The van der Waals surface area contributed by atoms with Crippen LogP contribution in [0.5, 0.6) is 0 Å². The van der Waals surface area contributed by atoms with Crippen molar-refractivity contribution in [3.8, 4) is 0 Å². The Hall–Kier alpha value is 1.42. The monoisotopic (exact) mass is 590 g/mol. The third-order valence-corrected chi connectivity index (χ3v) is 38.2. The number of hydrogen-bond acceptors (Lipinski definition) is 8. The van der Waals surface area contributed by atoms with Crippen LogP contribution in [0.25, 0.3) is 0 Å². The Bertz CT molecular complexity index is 598. The quantitative estimate of drug-likeness (QED) is 0.399. The molecule has 0 radical (unpaired) electrons. The highest BCUT2D eigenvalue weighted by molar-refractivity contribution is 6.95. The van der Waals surface area contributed by atoms with Gasteiger partial charge in [0.05, 0.1) is 0 Å². The van der Waals surface area contributed by atoms with Crippen molar-refractivity contribution in [2.24, 2.45) is 0 Å². The molecule has 0 atom stereocenters. The van der Waals surface area contributed by atoms with Crippen LogP contribution in [0.1, 0.15) is 0 Å². The zero-order valence-corrected chi connectivity index (χ0v) is 30.7. The molecule has 0 unspecified atom stereocenters. The molecule has 0 spiro atoms. The highest BCUT2D eigenvalue weighted by Gasteiger charge is 2.56. The molecular formula is C16H46O8Si8. The van der Waals surface area contributed by atoms with Gasteiger partial charge in [-0.15, -0.1) is 0 Å². The first kappa shape index (κ1) is 29.6. The average molecular weight is 591 g/mol. The second-order valence-electron chi connectivity index (χ2n) is 12.0. The van der Waals surface area contributed by atoms with Crippen LogP contribution in [-0.2, 0) is 32.9 Å². The van der Waals surface area contributed by atoms with Gasteiger partial charge in [0.1, 0.15) is 0 Å². The summed E-state index contributed by atoms with van der Waals surface area (Å²) in [6, 6.07) is 1.54. The first-order valence-electron chi connectivity index (χ1n) is 11.5. The molecule has 16 heteroatoms. The fourth-order valence-corrected chi connectivity index (χ4v) is 50.5. The predicted octanol–water partition coefficient (Wildman–Crippen LogP) is 5.50. The standard InChI is InChI=1S/C16H46O8Si8/c1-25(2)17-27(5,6)21-31(13,22-28(7,8)18-25)15-16-32(14)23-29(9,10)19-26(3,4)20-30(11,12)24-32/h15-16H2,1-14H3. The van der Waals surface area contributed by atoms with Crippen molar-refractivity contribution >= 4 is 68.5 Å². The highest BCUT2D eigenvalue weighted by Crippen LogP contribution is 2.37. The van der Waals surface area contributed by atoms with Crippen LogP contribution >= 0.6 is 0 Å². The fraction of sp³-hybridized carbons (Fsp3) is 1.00. The van der Waals surface area contributed by atoms with E-state index in [1.807, 2.05) is 0 Å². The van der Waals surface area contributed by atoms with Gasteiger partial charge in [0.2, 0.25) is 0 Å². The van der Waals surface area contributed by atoms with Crippen molar-refractivity contribution in [1.29, 1.82) is 0 Å². The molecule has 0 aromatic heterocycles. The largest absolute Gasteiger partial charge is 0.416 e. The molecule has 2 saturated heterocycles. The summed E-state index contributed by atoms with van der Waals surface area (Å²) < 4.78 is 53.0. The van der Waals surface area contributed by atoms with E-state index in [1.54, 1.807) is 0 Å². The normalized spacial score (nSPS) is 32.1. The van der Waals surface area contributed by atoms with Crippen molar-refractivity contribution in [2.75, 3.05) is 0 Å². The molecule has 2 rings (SSSR count). The van der Waals surface area contributed by atoms with Gasteiger partial charge < -0.3 is 32.9 Å². The van der Waals surface area contributed by atoms with Gasteiger partial charge in [-0.25, -0.2) is 0 Å². The van der Waals surface area contributed by atoms with E-state index in [-0.39, 0.29) is 0 Å². The molecule has 0 N–H and O–H groups in total. The summed E-state index contributed by atoms with van der Waals surface area (Å²) in [6.45, 7) is 29.4. The molecule has 0 aliphatic carbocycles. The van der Waals surface area contributed by atoms with Gasteiger partial charge >= 0.3 is 68.5 Å². The van der Waals surface area contributed by atoms with E-state index in [0.29, 0.717) is 0 Å². The molecule has 0 bridgehead atoms. The molecule has 2 aliphatic rings. The molecule has 190 valence electrons. The smallest absolute Gasteiger partial charge is 0.317 e. The maximum Gasteiger partial charge on any atom is 0.317 e. The van der Waals surface area contributed by atoms with Crippen LogP contribution in [0, 0.1) is 0 Å². The van der Waals surface area contributed by atoms with Crippen LogP contribution in [0.3, 0.4) is 0 Å². The second kappa shape index (κ2) is 9.06. The van der Waals surface area contributed by atoms with Crippen molar-refractivity contribution in [1.82, 2.24) is 0 Å². The summed E-state index contributed by atoms with van der Waals surface area (Å²) in [6.07, 6.45) is 0. The lowest BCUT2D eigenvalue weighted by Crippen LogP contribution is -2.67. The lowest BCUT2D eigenvalue weighted by molar-refractivity contribution is 0.225. The van der Waals surface area contributed by atoms with E-state index in [9.17, 15) is 0 Å². The molecule has 8 nitrogen and oxygen atoms in total. The van der Waals surface area contributed by atoms with Crippen molar-refractivity contribution in [3.05, 3.63) is 0 Å². The lowest BCUT2D eigenvalue weighted by atomic mass is 10.9. The van der Waals surface area contributed by atoms with Crippen LogP contribution in [0.2, 0.25) is 104 Å². The van der Waals surface area contributed by atoms with Gasteiger partial charge in [-0.05, 0) is 104 Å². The first-order valence-corrected chi connectivity index (χ1v) is 33.4. The topological polar surface area (TPSA) is 73.8 Å². The van der Waals surface area contributed by atoms with Gasteiger partial charge in [0, 0.05) is 0 Å². The summed E-state index contributed by atoms with van der Waals surface area (Å²) in [7, 11) is -19.5. The molecule has 32 heavy (non-hydrogen) atoms. The maximum absolute atomic E-state index is 6.77. The van der Waals surface area contributed by atoms with Gasteiger partial charge in [-0.1, -0.05) is 0 Å². The molecule has 2 aliphatic heterocycles. The van der Waals surface area contributed by atoms with Crippen LogP contribution in [0.15, 0.2) is 0 Å². The molecule has 0 aromatic rings. The van der Waals surface area contributed by atoms with E-state index in [2.05, 4.69) is 91.7 Å². The first-order chi connectivity index (χ1) is 13.9. The zero-order valence-electron chi connectivity index (χ0n) is 22.7. The van der Waals surface area contributed by atoms with E-state index in [0.717, 1.165) is 12.1 Å². The van der Waals surface area contributed by atoms with Crippen molar-refractivity contribution < 1.29 is 32.9 Å². The number of rotatable bonds is 3. The molecular weight excluding hydrogens is 545 g/mol. The Morgan fingerprint density at radius 2 is 0.438 bits per heavy atom. The average Bonchev–Trinajstić information content (AvgIpc) is 2.33. The summed E-state index contributed by atoms with van der Waals surface area (Å²) >= 11 is 0. The molecule has 0 aromatic carbocycles. The second-order valence-corrected chi connectivity index (χ2v) is 40.8. The van der Waals surface area contributed by atoms with E-state index in [4.69, 9.17) is 32.9 Å². The van der Waals surface area contributed by atoms with Crippen LogP contribution in [0.4, 0.5) is 0 Å². The SMILES string of the molecule is C[Si]1(C)O[Si](C)(C)O[Si](C)(CC[Si]2(C)O[Si](C)(C)O[Si](C)(C)O[Si](C)(C)O2)O[Si](C)(C)O1. The minimum atomic E-state index is -2.61. The summed E-state index contributed by atoms with van der Waals surface area (Å²) in [5.74, 6) is 0.